The highest BCUT2D eigenvalue weighted by molar-refractivity contribution is 5.83. The van der Waals surface area contributed by atoms with Crippen LogP contribution in [0.1, 0.15) is 70.9 Å². The summed E-state index contributed by atoms with van der Waals surface area (Å²) >= 11 is 0. The van der Waals surface area contributed by atoms with Crippen molar-refractivity contribution in [3.8, 4) is 0 Å². The predicted octanol–water partition coefficient (Wildman–Crippen LogP) is 4.86. The van der Waals surface area contributed by atoms with Gasteiger partial charge in [-0.05, 0) is 67.8 Å². The van der Waals surface area contributed by atoms with Gasteiger partial charge in [-0.1, -0.05) is 44.2 Å². The van der Waals surface area contributed by atoms with Crippen LogP contribution in [0.2, 0.25) is 0 Å². The summed E-state index contributed by atoms with van der Waals surface area (Å²) in [6.45, 7) is 6.97. The molecule has 3 unspecified atom stereocenters. The predicted molar refractivity (Wildman–Crippen MR) is 92.8 cm³/mol. The zero-order valence-electron chi connectivity index (χ0n) is 14.7. The Balaban J connectivity index is 1.56. The molecule has 1 amide bonds. The minimum absolute atomic E-state index is 0.0947. The molecule has 5 rings (SSSR count). The van der Waals surface area contributed by atoms with Gasteiger partial charge in [0, 0.05) is 0 Å². The number of carbonyl (C=O) groups is 1. The lowest BCUT2D eigenvalue weighted by Gasteiger charge is -2.64. The van der Waals surface area contributed by atoms with E-state index in [4.69, 9.17) is 0 Å². The molecule has 4 aliphatic carbocycles. The first kappa shape index (κ1) is 15.2. The third kappa shape index (κ3) is 2.51. The summed E-state index contributed by atoms with van der Waals surface area (Å²) in [5.41, 5.74) is 1.87. The fraction of sp³-hybridized carbons (Fsp3) is 0.667. The van der Waals surface area contributed by atoms with E-state index in [2.05, 4.69) is 38.2 Å². The van der Waals surface area contributed by atoms with Crippen LogP contribution in [0.5, 0.6) is 0 Å². The molecule has 0 heterocycles. The van der Waals surface area contributed by atoms with Crippen LogP contribution in [0.25, 0.3) is 0 Å². The topological polar surface area (TPSA) is 29.1 Å². The van der Waals surface area contributed by atoms with Gasteiger partial charge in [0.15, 0.2) is 0 Å². The number of rotatable bonds is 3. The zero-order valence-corrected chi connectivity index (χ0v) is 14.7. The second-order valence-electron chi connectivity index (χ2n) is 9.52. The molecule has 0 aromatic heterocycles. The van der Waals surface area contributed by atoms with Gasteiger partial charge in [-0.2, -0.15) is 0 Å². The molecule has 2 nitrogen and oxygen atoms in total. The summed E-state index contributed by atoms with van der Waals surface area (Å²) in [5, 5.41) is 3.35. The van der Waals surface area contributed by atoms with E-state index in [9.17, 15) is 4.79 Å². The standard InChI is InChI=1S/C21H29NO/c1-15(17-7-5-4-6-8-17)22-18(23)21-11-16-9-19(2,13-21)12-20(3,10-16)14-21/h4-8,15-16H,9-14H2,1-3H3,(H,22,23). The maximum absolute atomic E-state index is 13.3. The first-order valence-corrected chi connectivity index (χ1v) is 9.18. The third-order valence-corrected chi connectivity index (χ3v) is 6.76. The number of hydrogen-bond acceptors (Lipinski definition) is 1. The van der Waals surface area contributed by atoms with Crippen LogP contribution in [0.4, 0.5) is 0 Å². The van der Waals surface area contributed by atoms with E-state index in [-0.39, 0.29) is 11.5 Å². The van der Waals surface area contributed by atoms with Crippen LogP contribution in [-0.4, -0.2) is 5.91 Å². The molecule has 0 aliphatic heterocycles. The Labute approximate surface area is 140 Å². The van der Waals surface area contributed by atoms with Gasteiger partial charge in [0.25, 0.3) is 0 Å². The fourth-order valence-corrected chi connectivity index (χ4v) is 6.88. The van der Waals surface area contributed by atoms with Crippen molar-refractivity contribution in [3.05, 3.63) is 35.9 Å². The van der Waals surface area contributed by atoms with E-state index in [1.165, 1.54) is 24.8 Å². The molecule has 2 heteroatoms. The van der Waals surface area contributed by atoms with E-state index in [0.29, 0.717) is 16.7 Å². The Hall–Kier alpha value is -1.31. The molecule has 0 radical (unpaired) electrons. The molecular formula is C21H29NO. The normalized spacial score (nSPS) is 42.5. The van der Waals surface area contributed by atoms with Crippen molar-refractivity contribution >= 4 is 5.91 Å². The lowest BCUT2D eigenvalue weighted by Crippen LogP contribution is -2.60. The maximum Gasteiger partial charge on any atom is 0.226 e. The number of nitrogens with one attached hydrogen (secondary N) is 1. The van der Waals surface area contributed by atoms with Gasteiger partial charge in [-0.25, -0.2) is 0 Å². The van der Waals surface area contributed by atoms with E-state index >= 15 is 0 Å². The molecule has 4 bridgehead atoms. The summed E-state index contributed by atoms with van der Waals surface area (Å²) in [5.74, 6) is 1.08. The van der Waals surface area contributed by atoms with Gasteiger partial charge in [-0.3, -0.25) is 4.79 Å². The number of amides is 1. The molecule has 4 saturated carbocycles. The van der Waals surface area contributed by atoms with E-state index in [1.807, 2.05) is 18.2 Å². The van der Waals surface area contributed by atoms with Crippen LogP contribution in [0.3, 0.4) is 0 Å². The summed E-state index contributed by atoms with van der Waals surface area (Å²) in [6, 6.07) is 10.4. The second-order valence-corrected chi connectivity index (χ2v) is 9.52. The van der Waals surface area contributed by atoms with Crippen LogP contribution in [-0.2, 0) is 4.79 Å². The summed E-state index contributed by atoms with van der Waals surface area (Å²) < 4.78 is 0. The molecule has 124 valence electrons. The Morgan fingerprint density at radius 2 is 1.65 bits per heavy atom. The van der Waals surface area contributed by atoms with Crippen LogP contribution >= 0.6 is 0 Å². The second kappa shape index (κ2) is 4.84. The first-order chi connectivity index (χ1) is 10.8. The van der Waals surface area contributed by atoms with Gasteiger partial charge in [0.05, 0.1) is 11.5 Å². The number of carbonyl (C=O) groups excluding carboxylic acids is 1. The Kier molecular flexibility index (Phi) is 3.21. The minimum Gasteiger partial charge on any atom is -0.349 e. The van der Waals surface area contributed by atoms with Gasteiger partial charge >= 0.3 is 0 Å². The molecule has 4 fully saturated rings. The van der Waals surface area contributed by atoms with Crippen molar-refractivity contribution < 1.29 is 4.79 Å². The minimum atomic E-state index is -0.105. The molecule has 1 N–H and O–H groups in total. The quantitative estimate of drug-likeness (QED) is 0.848. The Morgan fingerprint density at radius 1 is 1.04 bits per heavy atom. The highest BCUT2D eigenvalue weighted by atomic mass is 16.2. The summed E-state index contributed by atoms with van der Waals surface area (Å²) in [4.78, 5) is 13.3. The van der Waals surface area contributed by atoms with E-state index in [1.54, 1.807) is 0 Å². The van der Waals surface area contributed by atoms with Gasteiger partial charge < -0.3 is 5.32 Å². The SMILES string of the molecule is CC(NC(=O)C12CC3CC(C)(CC(C)(C3)C1)C2)c1ccccc1. The third-order valence-electron chi connectivity index (χ3n) is 6.76. The van der Waals surface area contributed by atoms with Crippen molar-refractivity contribution in [1.82, 2.24) is 5.32 Å². The maximum atomic E-state index is 13.3. The highest BCUT2D eigenvalue weighted by Gasteiger charge is 2.62. The van der Waals surface area contributed by atoms with Crippen molar-refractivity contribution in [3.63, 3.8) is 0 Å². The monoisotopic (exact) mass is 311 g/mol. The first-order valence-electron chi connectivity index (χ1n) is 9.18. The molecule has 0 spiro atoms. The van der Waals surface area contributed by atoms with Crippen LogP contribution in [0.15, 0.2) is 30.3 Å². The summed E-state index contributed by atoms with van der Waals surface area (Å²) in [7, 11) is 0. The van der Waals surface area contributed by atoms with Gasteiger partial charge in [0.2, 0.25) is 5.91 Å². The van der Waals surface area contributed by atoms with E-state index in [0.717, 1.165) is 25.2 Å². The average molecular weight is 311 g/mol. The van der Waals surface area contributed by atoms with E-state index < -0.39 is 0 Å². The molecule has 0 saturated heterocycles. The van der Waals surface area contributed by atoms with Gasteiger partial charge in [0.1, 0.15) is 0 Å². The fourth-order valence-electron chi connectivity index (χ4n) is 6.88. The molecule has 1 aromatic carbocycles. The van der Waals surface area contributed by atoms with Gasteiger partial charge in [-0.15, -0.1) is 0 Å². The van der Waals surface area contributed by atoms with Crippen LogP contribution < -0.4 is 5.32 Å². The Bertz CT molecular complexity index is 604. The van der Waals surface area contributed by atoms with Crippen molar-refractivity contribution in [1.29, 1.82) is 0 Å². The highest BCUT2D eigenvalue weighted by Crippen LogP contribution is 2.69. The largest absolute Gasteiger partial charge is 0.349 e. The summed E-state index contributed by atoms with van der Waals surface area (Å²) in [6.07, 6.45) is 7.31. The Morgan fingerprint density at radius 3 is 2.22 bits per heavy atom. The molecule has 1 aromatic rings. The molecule has 23 heavy (non-hydrogen) atoms. The molecule has 4 aliphatic rings. The lowest BCUT2D eigenvalue weighted by molar-refractivity contribution is -0.170. The van der Waals surface area contributed by atoms with Crippen molar-refractivity contribution in [2.24, 2.45) is 22.2 Å². The number of benzene rings is 1. The zero-order chi connectivity index (χ0) is 16.3. The lowest BCUT2D eigenvalue weighted by atomic mass is 9.40. The molecule has 3 atom stereocenters. The molecular weight excluding hydrogens is 282 g/mol. The smallest absolute Gasteiger partial charge is 0.226 e. The number of hydrogen-bond donors (Lipinski definition) is 1. The van der Waals surface area contributed by atoms with Crippen molar-refractivity contribution in [2.75, 3.05) is 0 Å². The van der Waals surface area contributed by atoms with Crippen molar-refractivity contribution in [2.45, 2.75) is 65.3 Å². The van der Waals surface area contributed by atoms with Crippen LogP contribution in [0, 0.1) is 22.2 Å². The average Bonchev–Trinajstić information content (AvgIpc) is 2.44.